The predicted molar refractivity (Wildman–Crippen MR) is 108 cm³/mol. The molecule has 136 valence electrons. The van der Waals surface area contributed by atoms with Gasteiger partial charge in [-0.05, 0) is 31.7 Å². The van der Waals surface area contributed by atoms with Gasteiger partial charge in [-0.1, -0.05) is 32.1 Å². The molecule has 0 bridgehead atoms. The monoisotopic (exact) mass is 438 g/mol. The van der Waals surface area contributed by atoms with Gasteiger partial charge in [-0.3, -0.25) is 9.89 Å². The number of morpholine rings is 1. The van der Waals surface area contributed by atoms with Crippen molar-refractivity contribution in [3.05, 3.63) is 0 Å². The zero-order valence-electron chi connectivity index (χ0n) is 14.5. The fourth-order valence-corrected chi connectivity index (χ4v) is 3.35. The molecule has 3 N–H and O–H groups in total. The summed E-state index contributed by atoms with van der Waals surface area (Å²) in [5.41, 5.74) is 5.99. The number of guanidine groups is 1. The number of hydrogen-bond donors (Lipinski definition) is 2. The second-order valence-electron chi connectivity index (χ2n) is 6.67. The number of nitrogens with one attached hydrogen (secondary N) is 1. The first-order chi connectivity index (χ1) is 10.8. The van der Waals surface area contributed by atoms with E-state index in [1.807, 2.05) is 0 Å². The van der Waals surface area contributed by atoms with Crippen molar-refractivity contribution in [2.45, 2.75) is 51.4 Å². The summed E-state index contributed by atoms with van der Waals surface area (Å²) in [5.74, 6) is 1.37. The van der Waals surface area contributed by atoms with Crippen LogP contribution in [0, 0.1) is 5.92 Å². The van der Waals surface area contributed by atoms with Crippen LogP contribution < -0.4 is 11.1 Å². The minimum absolute atomic E-state index is 0. The molecule has 1 saturated carbocycles. The molecule has 5 nitrogen and oxygen atoms in total. The predicted octanol–water partition coefficient (Wildman–Crippen LogP) is 2.59. The number of nitrogens with zero attached hydrogens (tertiary/aromatic N) is 2. The second kappa shape index (κ2) is 13.2. The number of aliphatic imine (C=N–C) groups is 1. The molecule has 0 amide bonds. The third kappa shape index (κ3) is 9.72. The van der Waals surface area contributed by atoms with Crippen LogP contribution in [0.2, 0.25) is 0 Å². The zero-order chi connectivity index (χ0) is 15.5. The summed E-state index contributed by atoms with van der Waals surface area (Å²) < 4.78 is 5.35. The topological polar surface area (TPSA) is 62.9 Å². The second-order valence-corrected chi connectivity index (χ2v) is 6.67. The lowest BCUT2D eigenvalue weighted by Gasteiger charge is -2.26. The maximum absolute atomic E-state index is 5.99. The van der Waals surface area contributed by atoms with Crippen molar-refractivity contribution in [1.29, 1.82) is 0 Å². The third-order valence-electron chi connectivity index (χ3n) is 4.81. The van der Waals surface area contributed by atoms with Gasteiger partial charge in [0.2, 0.25) is 0 Å². The maximum Gasteiger partial charge on any atom is 0.188 e. The van der Waals surface area contributed by atoms with Gasteiger partial charge in [0.15, 0.2) is 5.96 Å². The highest BCUT2D eigenvalue weighted by Gasteiger charge is 2.11. The van der Waals surface area contributed by atoms with Gasteiger partial charge < -0.3 is 15.8 Å². The van der Waals surface area contributed by atoms with Crippen molar-refractivity contribution in [3.63, 3.8) is 0 Å². The summed E-state index contributed by atoms with van der Waals surface area (Å²) in [4.78, 5) is 7.01. The molecule has 1 saturated heterocycles. The summed E-state index contributed by atoms with van der Waals surface area (Å²) in [6, 6.07) is 0. The highest BCUT2D eigenvalue weighted by Crippen LogP contribution is 2.22. The van der Waals surface area contributed by atoms with Crippen molar-refractivity contribution >= 4 is 29.9 Å². The van der Waals surface area contributed by atoms with E-state index in [-0.39, 0.29) is 24.0 Å². The van der Waals surface area contributed by atoms with Crippen LogP contribution in [-0.2, 0) is 4.74 Å². The molecule has 1 heterocycles. The van der Waals surface area contributed by atoms with Crippen LogP contribution in [0.1, 0.15) is 51.4 Å². The summed E-state index contributed by atoms with van der Waals surface area (Å²) in [5, 5.41) is 3.26. The van der Waals surface area contributed by atoms with Crippen LogP contribution in [0.5, 0.6) is 0 Å². The van der Waals surface area contributed by atoms with E-state index < -0.39 is 0 Å². The van der Waals surface area contributed by atoms with E-state index in [0.717, 1.165) is 58.3 Å². The van der Waals surface area contributed by atoms with Crippen molar-refractivity contribution in [1.82, 2.24) is 10.2 Å². The van der Waals surface area contributed by atoms with Crippen molar-refractivity contribution in [2.75, 3.05) is 45.9 Å². The fourth-order valence-electron chi connectivity index (χ4n) is 3.35. The van der Waals surface area contributed by atoms with E-state index >= 15 is 0 Å². The van der Waals surface area contributed by atoms with Gasteiger partial charge in [0.1, 0.15) is 0 Å². The number of nitrogens with two attached hydrogens (primary N) is 1. The average Bonchev–Trinajstić information content (AvgIpc) is 2.51. The molecule has 0 aromatic heterocycles. The number of halogens is 1. The van der Waals surface area contributed by atoms with Crippen molar-refractivity contribution < 1.29 is 4.74 Å². The molecule has 1 aliphatic heterocycles. The van der Waals surface area contributed by atoms with Gasteiger partial charge in [-0.15, -0.1) is 24.0 Å². The van der Waals surface area contributed by atoms with Gasteiger partial charge in [0.05, 0.1) is 13.2 Å². The Morgan fingerprint density at radius 2 is 1.74 bits per heavy atom. The van der Waals surface area contributed by atoms with E-state index in [0.29, 0.717) is 5.96 Å². The molecule has 0 aromatic carbocycles. The fraction of sp³-hybridized carbons (Fsp3) is 0.941. The van der Waals surface area contributed by atoms with Gasteiger partial charge in [0, 0.05) is 26.2 Å². The Hall–Kier alpha value is -0.0800. The van der Waals surface area contributed by atoms with E-state index in [2.05, 4.69) is 15.2 Å². The lowest BCUT2D eigenvalue weighted by Crippen LogP contribution is -2.39. The van der Waals surface area contributed by atoms with E-state index in [9.17, 15) is 0 Å². The molecule has 0 radical (unpaired) electrons. The van der Waals surface area contributed by atoms with Crippen molar-refractivity contribution in [2.24, 2.45) is 16.6 Å². The summed E-state index contributed by atoms with van der Waals surface area (Å²) in [6.45, 7) is 6.80. The van der Waals surface area contributed by atoms with Crippen LogP contribution in [0.4, 0.5) is 0 Å². The molecule has 2 aliphatic rings. The molecule has 0 atom stereocenters. The van der Waals surface area contributed by atoms with Crippen LogP contribution in [0.15, 0.2) is 4.99 Å². The molecule has 2 rings (SSSR count). The van der Waals surface area contributed by atoms with Crippen LogP contribution in [-0.4, -0.2) is 56.8 Å². The van der Waals surface area contributed by atoms with E-state index in [4.69, 9.17) is 10.5 Å². The Balaban J connectivity index is 0.00000264. The molecule has 23 heavy (non-hydrogen) atoms. The summed E-state index contributed by atoms with van der Waals surface area (Å²) in [7, 11) is 0. The first kappa shape index (κ1) is 21.0. The molecule has 6 heteroatoms. The Bertz CT molecular complexity index is 314. The van der Waals surface area contributed by atoms with Gasteiger partial charge in [-0.2, -0.15) is 0 Å². The molecular weight excluding hydrogens is 403 g/mol. The Morgan fingerprint density at radius 3 is 2.43 bits per heavy atom. The van der Waals surface area contributed by atoms with E-state index in [1.165, 1.54) is 44.9 Å². The zero-order valence-corrected chi connectivity index (χ0v) is 16.8. The highest BCUT2D eigenvalue weighted by atomic mass is 127. The Kier molecular flexibility index (Phi) is 12.1. The SMILES string of the molecule is I.NC(=NCC1CCCCCCC1)NCCCN1CCOCC1. The molecule has 0 unspecified atom stereocenters. The molecular formula is C17H35IN4O. The molecule has 2 fully saturated rings. The number of ether oxygens (including phenoxy) is 1. The van der Waals surface area contributed by atoms with Crippen LogP contribution in [0.3, 0.4) is 0 Å². The largest absolute Gasteiger partial charge is 0.379 e. The maximum atomic E-state index is 5.99. The average molecular weight is 438 g/mol. The normalized spacial score (nSPS) is 22.0. The lowest BCUT2D eigenvalue weighted by atomic mass is 9.91. The van der Waals surface area contributed by atoms with Crippen LogP contribution >= 0.6 is 24.0 Å². The Morgan fingerprint density at radius 1 is 1.09 bits per heavy atom. The summed E-state index contributed by atoms with van der Waals surface area (Å²) >= 11 is 0. The first-order valence-corrected chi connectivity index (χ1v) is 9.18. The van der Waals surface area contributed by atoms with Crippen LogP contribution in [0.25, 0.3) is 0 Å². The third-order valence-corrected chi connectivity index (χ3v) is 4.81. The minimum Gasteiger partial charge on any atom is -0.379 e. The first-order valence-electron chi connectivity index (χ1n) is 9.18. The highest BCUT2D eigenvalue weighted by molar-refractivity contribution is 14.0. The smallest absolute Gasteiger partial charge is 0.188 e. The molecule has 0 spiro atoms. The number of hydrogen-bond acceptors (Lipinski definition) is 3. The Labute approximate surface area is 158 Å². The van der Waals surface area contributed by atoms with Gasteiger partial charge in [-0.25, -0.2) is 0 Å². The minimum atomic E-state index is 0. The molecule has 1 aliphatic carbocycles. The van der Waals surface area contributed by atoms with Gasteiger partial charge in [0.25, 0.3) is 0 Å². The molecule has 0 aromatic rings. The quantitative estimate of drug-likeness (QED) is 0.290. The van der Waals surface area contributed by atoms with Gasteiger partial charge >= 0.3 is 0 Å². The van der Waals surface area contributed by atoms with Crippen molar-refractivity contribution in [3.8, 4) is 0 Å². The number of rotatable bonds is 6. The van der Waals surface area contributed by atoms with E-state index in [1.54, 1.807) is 0 Å². The lowest BCUT2D eigenvalue weighted by molar-refractivity contribution is 0.0376. The standard InChI is InChI=1S/C17H34N4O.HI/c18-17(19-9-6-10-21-11-13-22-14-12-21)20-15-16-7-4-2-1-3-5-8-16;/h16H,1-15H2,(H3,18,19,20);1H. The summed E-state index contributed by atoms with van der Waals surface area (Å²) in [6.07, 6.45) is 10.7.